The molecule has 6 heteroatoms. The smallest absolute Gasteiger partial charge is 0.207 e. The lowest BCUT2D eigenvalue weighted by atomic mass is 10.2. The van der Waals surface area contributed by atoms with E-state index < -0.39 is 10.0 Å². The first-order valence-corrected chi connectivity index (χ1v) is 8.60. The molecule has 0 atom stereocenters. The Morgan fingerprint density at radius 3 is 2.50 bits per heavy atom. The van der Waals surface area contributed by atoms with Crippen molar-refractivity contribution >= 4 is 21.8 Å². The Hall–Kier alpha value is -1.37. The molecule has 0 aromatic heterocycles. The van der Waals surface area contributed by atoms with Crippen LogP contribution < -0.4 is 4.72 Å². The Morgan fingerprint density at radius 2 is 1.85 bits per heavy atom. The van der Waals surface area contributed by atoms with E-state index in [2.05, 4.69) is 4.72 Å². The van der Waals surface area contributed by atoms with Gasteiger partial charge in [0.25, 0.3) is 0 Å². The van der Waals surface area contributed by atoms with Crippen molar-refractivity contribution in [1.82, 2.24) is 4.72 Å². The number of hydrogen-bond donors (Lipinski definition) is 1. The van der Waals surface area contributed by atoms with Crippen LogP contribution in [0.2, 0.25) is 0 Å². The van der Waals surface area contributed by atoms with Crippen LogP contribution in [0.1, 0.15) is 5.56 Å². The third-order valence-corrected chi connectivity index (χ3v) is 4.86. The molecule has 0 amide bonds. The van der Waals surface area contributed by atoms with Gasteiger partial charge in [0.1, 0.15) is 5.82 Å². The number of sulfonamides is 1. The molecule has 2 aromatic rings. The summed E-state index contributed by atoms with van der Waals surface area (Å²) < 4.78 is 39.6. The highest BCUT2D eigenvalue weighted by atomic mass is 32.2. The van der Waals surface area contributed by atoms with Gasteiger partial charge in [0.2, 0.25) is 10.0 Å². The second-order valence-electron chi connectivity index (χ2n) is 4.13. The van der Waals surface area contributed by atoms with Crippen LogP contribution in [-0.2, 0) is 16.6 Å². The van der Waals surface area contributed by atoms with Crippen molar-refractivity contribution in [3.05, 3.63) is 59.9 Å². The van der Waals surface area contributed by atoms with Crippen molar-refractivity contribution in [2.24, 2.45) is 0 Å². The zero-order valence-corrected chi connectivity index (χ0v) is 12.5. The van der Waals surface area contributed by atoms with E-state index in [1.54, 1.807) is 30.3 Å². The van der Waals surface area contributed by atoms with Crippen molar-refractivity contribution in [3.8, 4) is 0 Å². The van der Waals surface area contributed by atoms with Crippen LogP contribution in [0.4, 0.5) is 4.39 Å². The molecular weight excluding hydrogens is 297 g/mol. The molecule has 20 heavy (non-hydrogen) atoms. The number of hydrogen-bond acceptors (Lipinski definition) is 3. The maximum absolute atomic E-state index is 12.8. The Kier molecular flexibility index (Phi) is 4.80. The minimum absolute atomic E-state index is 0.131. The molecule has 3 nitrogen and oxygen atoms in total. The Labute approximate surface area is 122 Å². The topological polar surface area (TPSA) is 46.2 Å². The number of nitrogens with one attached hydrogen (secondary N) is 1. The second-order valence-corrected chi connectivity index (χ2v) is 6.78. The average molecular weight is 311 g/mol. The van der Waals surface area contributed by atoms with E-state index >= 15 is 0 Å². The molecule has 0 aliphatic carbocycles. The highest BCUT2D eigenvalue weighted by Gasteiger charge is 2.13. The molecule has 0 saturated heterocycles. The zero-order valence-electron chi connectivity index (χ0n) is 10.8. The Morgan fingerprint density at radius 1 is 1.15 bits per heavy atom. The van der Waals surface area contributed by atoms with Gasteiger partial charge in [-0.2, -0.15) is 0 Å². The molecule has 2 rings (SSSR count). The van der Waals surface area contributed by atoms with E-state index in [4.69, 9.17) is 0 Å². The van der Waals surface area contributed by atoms with Gasteiger partial charge in [0, 0.05) is 11.4 Å². The largest absolute Gasteiger partial charge is 0.240 e. The lowest BCUT2D eigenvalue weighted by Crippen LogP contribution is -2.23. The van der Waals surface area contributed by atoms with E-state index in [-0.39, 0.29) is 17.3 Å². The first-order valence-electron chi connectivity index (χ1n) is 5.89. The van der Waals surface area contributed by atoms with Gasteiger partial charge in [-0.25, -0.2) is 17.5 Å². The number of halogens is 1. The zero-order chi connectivity index (χ0) is 14.6. The summed E-state index contributed by atoms with van der Waals surface area (Å²) in [5.41, 5.74) is 0.705. The molecule has 106 valence electrons. The summed E-state index contributed by atoms with van der Waals surface area (Å²) in [6.45, 7) is 0.131. The van der Waals surface area contributed by atoms with Crippen LogP contribution >= 0.6 is 11.8 Å². The Bertz CT molecular complexity index is 685. The average Bonchev–Trinajstić information content (AvgIpc) is 2.47. The number of thioether (sulfide) groups is 1. The molecule has 0 unspecified atom stereocenters. The third kappa shape index (κ3) is 3.82. The molecule has 0 aliphatic heterocycles. The van der Waals surface area contributed by atoms with Crippen molar-refractivity contribution < 1.29 is 12.8 Å². The van der Waals surface area contributed by atoms with E-state index in [0.717, 1.165) is 4.90 Å². The van der Waals surface area contributed by atoms with Gasteiger partial charge in [0.05, 0.1) is 4.90 Å². The summed E-state index contributed by atoms with van der Waals surface area (Å²) >= 11 is 1.48. The monoisotopic (exact) mass is 311 g/mol. The third-order valence-electron chi connectivity index (χ3n) is 2.73. The van der Waals surface area contributed by atoms with Crippen LogP contribution in [0.3, 0.4) is 0 Å². The van der Waals surface area contributed by atoms with Gasteiger partial charge in [-0.3, -0.25) is 0 Å². The van der Waals surface area contributed by atoms with Gasteiger partial charge >= 0.3 is 0 Å². The molecule has 1 N–H and O–H groups in total. The fourth-order valence-corrected chi connectivity index (χ4v) is 3.23. The van der Waals surface area contributed by atoms with Crippen LogP contribution in [0, 0.1) is 5.82 Å². The van der Waals surface area contributed by atoms with Crippen molar-refractivity contribution in [2.45, 2.75) is 16.3 Å². The quantitative estimate of drug-likeness (QED) is 0.863. The van der Waals surface area contributed by atoms with E-state index in [0.29, 0.717) is 5.56 Å². The van der Waals surface area contributed by atoms with E-state index in [9.17, 15) is 12.8 Å². The van der Waals surface area contributed by atoms with Gasteiger partial charge in [-0.05, 0) is 42.2 Å². The predicted octanol–water partition coefficient (Wildman–Crippen LogP) is 3.03. The summed E-state index contributed by atoms with van der Waals surface area (Å²) in [6.07, 6.45) is 1.89. The fourth-order valence-electron chi connectivity index (χ4n) is 1.63. The van der Waals surface area contributed by atoms with Crippen LogP contribution in [0.5, 0.6) is 0 Å². The molecule has 0 bridgehead atoms. The molecule has 0 radical (unpaired) electrons. The SMILES string of the molecule is CSc1cccc(S(=O)(=O)NCc2ccc(F)cc2)c1. The van der Waals surface area contributed by atoms with Gasteiger partial charge in [-0.1, -0.05) is 18.2 Å². The van der Waals surface area contributed by atoms with Crippen molar-refractivity contribution in [2.75, 3.05) is 6.26 Å². The summed E-state index contributed by atoms with van der Waals surface area (Å²) in [4.78, 5) is 1.11. The lowest BCUT2D eigenvalue weighted by molar-refractivity contribution is 0.581. The molecule has 0 fully saturated rings. The van der Waals surface area contributed by atoms with Gasteiger partial charge in [-0.15, -0.1) is 11.8 Å². The standard InChI is InChI=1S/C14H14FNO2S2/c1-19-13-3-2-4-14(9-13)20(17,18)16-10-11-5-7-12(15)8-6-11/h2-9,16H,10H2,1H3. The van der Waals surface area contributed by atoms with E-state index in [1.165, 1.54) is 23.9 Å². The predicted molar refractivity (Wildman–Crippen MR) is 78.6 cm³/mol. The summed E-state index contributed by atoms with van der Waals surface area (Å²) in [7, 11) is -3.56. The maximum Gasteiger partial charge on any atom is 0.240 e. The van der Waals surface area contributed by atoms with Gasteiger partial charge < -0.3 is 0 Å². The summed E-state index contributed by atoms with van der Waals surface area (Å²) in [5, 5.41) is 0. The molecule has 0 spiro atoms. The highest BCUT2D eigenvalue weighted by molar-refractivity contribution is 7.98. The lowest BCUT2D eigenvalue weighted by Gasteiger charge is -2.08. The molecule has 0 saturated carbocycles. The normalized spacial score (nSPS) is 11.5. The second kappa shape index (κ2) is 6.39. The van der Waals surface area contributed by atoms with Crippen LogP contribution in [-0.4, -0.2) is 14.7 Å². The molecule has 0 aliphatic rings. The summed E-state index contributed by atoms with van der Waals surface area (Å²) in [5.74, 6) is -0.343. The first-order chi connectivity index (χ1) is 9.51. The van der Waals surface area contributed by atoms with Crippen LogP contribution in [0.25, 0.3) is 0 Å². The van der Waals surface area contributed by atoms with Gasteiger partial charge in [0.15, 0.2) is 0 Å². The number of rotatable bonds is 5. The first kappa shape index (κ1) is 15.0. The van der Waals surface area contributed by atoms with Crippen molar-refractivity contribution in [3.63, 3.8) is 0 Å². The molecule has 0 heterocycles. The fraction of sp³-hybridized carbons (Fsp3) is 0.143. The molecular formula is C14H14FNO2S2. The highest BCUT2D eigenvalue weighted by Crippen LogP contribution is 2.19. The van der Waals surface area contributed by atoms with Crippen molar-refractivity contribution in [1.29, 1.82) is 0 Å². The number of benzene rings is 2. The van der Waals surface area contributed by atoms with Crippen LogP contribution in [0.15, 0.2) is 58.3 Å². The van der Waals surface area contributed by atoms with E-state index in [1.807, 2.05) is 12.3 Å². The maximum atomic E-state index is 12.8. The minimum Gasteiger partial charge on any atom is -0.207 e. The summed E-state index contributed by atoms with van der Waals surface area (Å²) in [6, 6.07) is 12.4. The minimum atomic E-state index is -3.56. The molecule has 2 aromatic carbocycles. The Balaban J connectivity index is 2.12.